The van der Waals surface area contributed by atoms with Crippen molar-refractivity contribution < 1.29 is 9.53 Å². The predicted octanol–water partition coefficient (Wildman–Crippen LogP) is -0.872. The van der Waals surface area contributed by atoms with Crippen molar-refractivity contribution in [3.8, 4) is 0 Å². The molecule has 2 fully saturated rings. The Morgan fingerprint density at radius 1 is 1.69 bits per heavy atom. The summed E-state index contributed by atoms with van der Waals surface area (Å²) in [4.78, 5) is 13.0. The van der Waals surface area contributed by atoms with Crippen LogP contribution in [0, 0.1) is 0 Å². The van der Waals surface area contributed by atoms with E-state index in [4.69, 9.17) is 10.5 Å². The van der Waals surface area contributed by atoms with Crippen LogP contribution in [0.2, 0.25) is 0 Å². The third kappa shape index (κ3) is 2.10. The molecule has 0 bridgehead atoms. The van der Waals surface area contributed by atoms with Gasteiger partial charge in [0.25, 0.3) is 0 Å². The topological polar surface area (TPSA) is 67.6 Å². The molecule has 0 unspecified atom stereocenters. The lowest BCUT2D eigenvalue weighted by atomic mass is 10.3. The molecule has 5 heteroatoms. The molecule has 0 aromatic carbocycles. The summed E-state index contributed by atoms with van der Waals surface area (Å²) in [7, 11) is 0. The molecular weight excluding hydrogens is 170 g/mol. The molecule has 0 spiro atoms. The first kappa shape index (κ1) is 8.77. The van der Waals surface area contributed by atoms with Crippen molar-refractivity contribution in [2.45, 2.75) is 18.6 Å². The van der Waals surface area contributed by atoms with E-state index < -0.39 is 0 Å². The van der Waals surface area contributed by atoms with Crippen LogP contribution in [-0.4, -0.2) is 49.3 Å². The Morgan fingerprint density at radius 3 is 3.08 bits per heavy atom. The number of carbonyl (C=O) groups excluding carboxylic acids is 1. The molecule has 13 heavy (non-hydrogen) atoms. The van der Waals surface area contributed by atoms with Crippen molar-refractivity contribution in [3.05, 3.63) is 0 Å². The molecule has 3 N–H and O–H groups in total. The minimum atomic E-state index is -0.298. The summed E-state index contributed by atoms with van der Waals surface area (Å²) in [5.41, 5.74) is 5.76. The van der Waals surface area contributed by atoms with Crippen LogP contribution in [0.25, 0.3) is 0 Å². The highest BCUT2D eigenvalue weighted by Gasteiger charge is 2.27. The number of ether oxygens (including phenoxy) is 1. The van der Waals surface area contributed by atoms with Gasteiger partial charge < -0.3 is 15.8 Å². The summed E-state index contributed by atoms with van der Waals surface area (Å²) in [6, 6.07) is 0.296. The first-order valence-corrected chi connectivity index (χ1v) is 4.66. The molecule has 2 atom stereocenters. The summed E-state index contributed by atoms with van der Waals surface area (Å²) in [6.45, 7) is 3.39. The quantitative estimate of drug-likeness (QED) is 0.586. The van der Waals surface area contributed by atoms with Gasteiger partial charge in [0, 0.05) is 19.1 Å². The van der Waals surface area contributed by atoms with Crippen LogP contribution >= 0.6 is 0 Å². The normalized spacial score (nSPS) is 34.7. The van der Waals surface area contributed by atoms with Crippen LogP contribution in [-0.2, 0) is 4.74 Å². The molecule has 1 amide bonds. The van der Waals surface area contributed by atoms with Gasteiger partial charge in [0.05, 0.1) is 6.54 Å². The molecule has 2 heterocycles. The van der Waals surface area contributed by atoms with Crippen molar-refractivity contribution in [3.63, 3.8) is 0 Å². The van der Waals surface area contributed by atoms with Gasteiger partial charge in [-0.3, -0.25) is 4.90 Å². The van der Waals surface area contributed by atoms with Gasteiger partial charge in [-0.05, 0) is 13.0 Å². The van der Waals surface area contributed by atoms with Gasteiger partial charge in [-0.1, -0.05) is 0 Å². The van der Waals surface area contributed by atoms with Crippen molar-refractivity contribution in [2.24, 2.45) is 5.73 Å². The van der Waals surface area contributed by atoms with E-state index in [-0.39, 0.29) is 12.2 Å². The average molecular weight is 185 g/mol. The van der Waals surface area contributed by atoms with Gasteiger partial charge in [0.2, 0.25) is 0 Å². The van der Waals surface area contributed by atoms with Gasteiger partial charge in [0.1, 0.15) is 6.10 Å². The molecule has 0 aromatic rings. The molecule has 74 valence electrons. The maximum absolute atomic E-state index is 10.7. The smallest absolute Gasteiger partial charge is 0.407 e. The van der Waals surface area contributed by atoms with Crippen LogP contribution in [0.3, 0.4) is 0 Å². The summed E-state index contributed by atoms with van der Waals surface area (Å²) >= 11 is 0. The standard InChI is InChI=1S/C8H15N3O2/c9-6-1-2-11(4-6)5-7-3-10-8(12)13-7/h6-7H,1-5,9H2,(H,10,12)/t6-,7-/m1/s1. The Morgan fingerprint density at radius 2 is 2.54 bits per heavy atom. The van der Waals surface area contributed by atoms with Gasteiger partial charge >= 0.3 is 6.09 Å². The summed E-state index contributed by atoms with van der Waals surface area (Å²) in [5.74, 6) is 0. The van der Waals surface area contributed by atoms with Crippen LogP contribution in [0.1, 0.15) is 6.42 Å². The molecule has 2 aliphatic rings. The van der Waals surface area contributed by atoms with Gasteiger partial charge in [0.15, 0.2) is 0 Å². The fraction of sp³-hybridized carbons (Fsp3) is 0.875. The Labute approximate surface area is 77.2 Å². The largest absolute Gasteiger partial charge is 0.443 e. The van der Waals surface area contributed by atoms with Crippen LogP contribution in [0.15, 0.2) is 0 Å². The second-order valence-electron chi connectivity index (χ2n) is 3.72. The Bertz CT molecular complexity index is 210. The number of nitrogens with zero attached hydrogens (tertiary/aromatic N) is 1. The lowest BCUT2D eigenvalue weighted by molar-refractivity contribution is 0.116. The molecule has 0 aromatic heterocycles. The number of likely N-dealkylation sites (tertiary alicyclic amines) is 1. The third-order valence-electron chi connectivity index (χ3n) is 2.52. The van der Waals surface area contributed by atoms with Gasteiger partial charge in [-0.15, -0.1) is 0 Å². The molecule has 0 aliphatic carbocycles. The highest BCUT2D eigenvalue weighted by atomic mass is 16.6. The Kier molecular flexibility index (Phi) is 2.37. The van der Waals surface area contributed by atoms with Crippen LogP contribution in [0.5, 0.6) is 0 Å². The van der Waals surface area contributed by atoms with Crippen LogP contribution in [0.4, 0.5) is 4.79 Å². The highest BCUT2D eigenvalue weighted by molar-refractivity contribution is 5.69. The first-order chi connectivity index (χ1) is 6.24. The minimum Gasteiger partial charge on any atom is -0.443 e. The number of alkyl carbamates (subject to hydrolysis) is 1. The summed E-state index contributed by atoms with van der Waals surface area (Å²) in [5, 5.41) is 2.64. The molecular formula is C8H15N3O2. The van der Waals surface area contributed by atoms with Gasteiger partial charge in [-0.25, -0.2) is 4.79 Å². The molecule has 2 aliphatic heterocycles. The number of amides is 1. The number of cyclic esters (lactones) is 1. The third-order valence-corrected chi connectivity index (χ3v) is 2.52. The molecule has 0 radical (unpaired) electrons. The van der Waals surface area contributed by atoms with Crippen molar-refractivity contribution in [1.29, 1.82) is 0 Å². The molecule has 2 saturated heterocycles. The Balaban J connectivity index is 1.75. The van der Waals surface area contributed by atoms with E-state index in [1.54, 1.807) is 0 Å². The zero-order chi connectivity index (χ0) is 9.26. The van der Waals surface area contributed by atoms with E-state index in [2.05, 4.69) is 10.2 Å². The fourth-order valence-corrected chi connectivity index (χ4v) is 1.85. The maximum Gasteiger partial charge on any atom is 0.407 e. The van der Waals surface area contributed by atoms with Crippen molar-refractivity contribution >= 4 is 6.09 Å². The highest BCUT2D eigenvalue weighted by Crippen LogP contribution is 2.10. The lowest BCUT2D eigenvalue weighted by Crippen LogP contribution is -2.34. The number of carbonyl (C=O) groups is 1. The first-order valence-electron chi connectivity index (χ1n) is 4.66. The van der Waals surface area contributed by atoms with E-state index in [9.17, 15) is 4.79 Å². The molecule has 0 saturated carbocycles. The summed E-state index contributed by atoms with van der Waals surface area (Å²) < 4.78 is 5.03. The second-order valence-corrected chi connectivity index (χ2v) is 3.72. The molecule has 5 nitrogen and oxygen atoms in total. The number of rotatable bonds is 2. The van der Waals surface area contributed by atoms with Crippen LogP contribution < -0.4 is 11.1 Å². The zero-order valence-corrected chi connectivity index (χ0v) is 7.53. The second kappa shape index (κ2) is 3.51. The van der Waals surface area contributed by atoms with E-state index >= 15 is 0 Å². The number of nitrogens with one attached hydrogen (secondary N) is 1. The summed E-state index contributed by atoms with van der Waals surface area (Å²) in [6.07, 6.45) is 0.764. The van der Waals surface area contributed by atoms with Crippen molar-refractivity contribution in [1.82, 2.24) is 10.2 Å². The number of hydrogen-bond acceptors (Lipinski definition) is 4. The zero-order valence-electron chi connectivity index (χ0n) is 7.53. The number of nitrogens with two attached hydrogens (primary N) is 1. The van der Waals surface area contributed by atoms with Crippen molar-refractivity contribution in [2.75, 3.05) is 26.2 Å². The number of hydrogen-bond donors (Lipinski definition) is 2. The SMILES string of the molecule is N[C@@H]1CCN(C[C@H]2CNC(=O)O2)C1. The maximum atomic E-state index is 10.7. The monoisotopic (exact) mass is 185 g/mol. The average Bonchev–Trinajstić information content (AvgIpc) is 2.62. The molecule has 2 rings (SSSR count). The lowest BCUT2D eigenvalue weighted by Gasteiger charge is -2.17. The van der Waals surface area contributed by atoms with E-state index in [1.165, 1.54) is 0 Å². The fourth-order valence-electron chi connectivity index (χ4n) is 1.85. The minimum absolute atomic E-state index is 0.0119. The van der Waals surface area contributed by atoms with Gasteiger partial charge in [-0.2, -0.15) is 0 Å². The van der Waals surface area contributed by atoms with E-state index in [0.29, 0.717) is 12.6 Å². The van der Waals surface area contributed by atoms with E-state index in [0.717, 1.165) is 26.1 Å². The predicted molar refractivity (Wildman–Crippen MR) is 47.3 cm³/mol. The van der Waals surface area contributed by atoms with E-state index in [1.807, 2.05) is 0 Å². The Hall–Kier alpha value is -0.810.